The fraction of sp³-hybridized carbons (Fsp3) is 0.357. The number of benzene rings is 1. The number of hydrogen-bond donors (Lipinski definition) is 0. The van der Waals surface area contributed by atoms with Gasteiger partial charge in [-0.25, -0.2) is 0 Å². The fourth-order valence-corrected chi connectivity index (χ4v) is 2.34. The summed E-state index contributed by atoms with van der Waals surface area (Å²) in [5.41, 5.74) is 4.50. The van der Waals surface area contributed by atoms with Crippen LogP contribution in [0.2, 0.25) is 0 Å². The highest BCUT2D eigenvalue weighted by Crippen LogP contribution is 2.28. The first-order valence-electron chi connectivity index (χ1n) is 5.57. The van der Waals surface area contributed by atoms with Gasteiger partial charge < -0.3 is 4.57 Å². The predicted octanol–water partition coefficient (Wildman–Crippen LogP) is 3.71. The van der Waals surface area contributed by atoms with Gasteiger partial charge in [0.05, 0.1) is 17.1 Å². The van der Waals surface area contributed by atoms with Crippen LogP contribution in [0, 0.1) is 25.2 Å². The standard InChI is InChI=1S/C14H16N2/c1-9(2)16-11(4)10(3)13-6-5-12(8-15)7-14(13)16/h5-7,9H,1-4H3. The van der Waals surface area contributed by atoms with E-state index < -0.39 is 0 Å². The summed E-state index contributed by atoms with van der Waals surface area (Å²) in [6.45, 7) is 8.62. The minimum Gasteiger partial charge on any atom is -0.342 e. The van der Waals surface area contributed by atoms with Crippen molar-refractivity contribution in [1.29, 1.82) is 5.26 Å². The van der Waals surface area contributed by atoms with Crippen molar-refractivity contribution in [1.82, 2.24) is 4.57 Å². The van der Waals surface area contributed by atoms with Crippen LogP contribution in [0.3, 0.4) is 0 Å². The lowest BCUT2D eigenvalue weighted by molar-refractivity contribution is 0.606. The van der Waals surface area contributed by atoms with E-state index in [1.165, 1.54) is 22.2 Å². The zero-order valence-electron chi connectivity index (χ0n) is 10.2. The van der Waals surface area contributed by atoms with E-state index in [0.29, 0.717) is 6.04 Å². The number of hydrogen-bond acceptors (Lipinski definition) is 1. The van der Waals surface area contributed by atoms with Gasteiger partial charge >= 0.3 is 0 Å². The molecule has 0 aliphatic rings. The lowest BCUT2D eigenvalue weighted by Crippen LogP contribution is -2.02. The number of nitrogens with zero attached hydrogens (tertiary/aromatic N) is 2. The average molecular weight is 212 g/mol. The van der Waals surface area contributed by atoms with E-state index in [0.717, 1.165) is 5.56 Å². The summed E-state index contributed by atoms with van der Waals surface area (Å²) in [6, 6.07) is 8.54. The van der Waals surface area contributed by atoms with Gasteiger partial charge in [0.2, 0.25) is 0 Å². The number of nitriles is 1. The number of aromatic nitrogens is 1. The molecule has 16 heavy (non-hydrogen) atoms. The van der Waals surface area contributed by atoms with Gasteiger partial charge in [-0.2, -0.15) is 5.26 Å². The molecule has 1 aromatic heterocycles. The number of rotatable bonds is 1. The number of aryl methyl sites for hydroxylation is 1. The fourth-order valence-electron chi connectivity index (χ4n) is 2.34. The van der Waals surface area contributed by atoms with Gasteiger partial charge in [0, 0.05) is 17.1 Å². The minimum atomic E-state index is 0.421. The van der Waals surface area contributed by atoms with E-state index in [1.807, 2.05) is 12.1 Å². The van der Waals surface area contributed by atoms with Crippen LogP contribution in [0.4, 0.5) is 0 Å². The van der Waals surface area contributed by atoms with Crippen molar-refractivity contribution in [3.05, 3.63) is 35.0 Å². The van der Waals surface area contributed by atoms with Crippen molar-refractivity contribution in [2.75, 3.05) is 0 Å². The third-order valence-corrected chi connectivity index (χ3v) is 3.21. The smallest absolute Gasteiger partial charge is 0.0992 e. The summed E-state index contributed by atoms with van der Waals surface area (Å²) >= 11 is 0. The molecule has 2 aromatic rings. The molecule has 0 fully saturated rings. The Hall–Kier alpha value is -1.75. The average Bonchev–Trinajstić information content (AvgIpc) is 2.51. The summed E-state index contributed by atoms with van der Waals surface area (Å²) in [5.74, 6) is 0. The van der Waals surface area contributed by atoms with Crippen molar-refractivity contribution < 1.29 is 0 Å². The molecule has 0 unspecified atom stereocenters. The molecule has 0 N–H and O–H groups in total. The Kier molecular flexibility index (Phi) is 2.47. The second-order valence-electron chi connectivity index (χ2n) is 4.52. The van der Waals surface area contributed by atoms with E-state index in [9.17, 15) is 0 Å². The van der Waals surface area contributed by atoms with Gasteiger partial charge in [-0.3, -0.25) is 0 Å². The summed E-state index contributed by atoms with van der Waals surface area (Å²) in [7, 11) is 0. The van der Waals surface area contributed by atoms with Crippen LogP contribution in [0.1, 0.15) is 36.7 Å². The summed E-state index contributed by atoms with van der Waals surface area (Å²) in [5, 5.41) is 10.2. The monoisotopic (exact) mass is 212 g/mol. The van der Waals surface area contributed by atoms with Crippen LogP contribution in [-0.2, 0) is 0 Å². The molecule has 0 aliphatic carbocycles. The Morgan fingerprint density at radius 2 is 1.94 bits per heavy atom. The highest BCUT2D eigenvalue weighted by molar-refractivity contribution is 5.86. The van der Waals surface area contributed by atoms with Gasteiger partial charge in [-0.1, -0.05) is 6.07 Å². The Morgan fingerprint density at radius 1 is 1.25 bits per heavy atom. The Balaban J connectivity index is 2.88. The molecule has 0 saturated heterocycles. The zero-order chi connectivity index (χ0) is 11.9. The molecule has 1 aromatic carbocycles. The first-order chi connectivity index (χ1) is 7.56. The third kappa shape index (κ3) is 1.40. The summed E-state index contributed by atoms with van der Waals surface area (Å²) < 4.78 is 2.30. The highest BCUT2D eigenvalue weighted by atomic mass is 15.0. The Morgan fingerprint density at radius 3 is 2.50 bits per heavy atom. The molecule has 2 nitrogen and oxygen atoms in total. The van der Waals surface area contributed by atoms with Gasteiger partial charge in [0.15, 0.2) is 0 Å². The molecular formula is C14H16N2. The van der Waals surface area contributed by atoms with Crippen LogP contribution >= 0.6 is 0 Å². The molecule has 82 valence electrons. The molecule has 0 bridgehead atoms. The lowest BCUT2D eigenvalue weighted by atomic mass is 10.1. The van der Waals surface area contributed by atoms with E-state index in [-0.39, 0.29) is 0 Å². The van der Waals surface area contributed by atoms with Gasteiger partial charge in [0.1, 0.15) is 0 Å². The second kappa shape index (κ2) is 3.68. The molecule has 0 aliphatic heterocycles. The molecule has 0 amide bonds. The summed E-state index contributed by atoms with van der Waals surface area (Å²) in [6.07, 6.45) is 0. The van der Waals surface area contributed by atoms with Gasteiger partial charge in [0.25, 0.3) is 0 Å². The molecule has 0 spiro atoms. The van der Waals surface area contributed by atoms with Crippen molar-refractivity contribution >= 4 is 10.9 Å². The van der Waals surface area contributed by atoms with Crippen molar-refractivity contribution in [2.24, 2.45) is 0 Å². The lowest BCUT2D eigenvalue weighted by Gasteiger charge is -2.12. The van der Waals surface area contributed by atoms with Crippen molar-refractivity contribution in [3.63, 3.8) is 0 Å². The maximum absolute atomic E-state index is 8.94. The first kappa shape index (κ1) is 10.8. The van der Waals surface area contributed by atoms with Gasteiger partial charge in [-0.05, 0) is 45.4 Å². The predicted molar refractivity (Wildman–Crippen MR) is 66.5 cm³/mol. The largest absolute Gasteiger partial charge is 0.342 e. The normalized spacial score (nSPS) is 11.0. The molecule has 1 heterocycles. The van der Waals surface area contributed by atoms with Crippen molar-refractivity contribution in [3.8, 4) is 6.07 Å². The Labute approximate surface area is 96.1 Å². The highest BCUT2D eigenvalue weighted by Gasteiger charge is 2.12. The maximum Gasteiger partial charge on any atom is 0.0992 e. The van der Waals surface area contributed by atoms with E-state index >= 15 is 0 Å². The van der Waals surface area contributed by atoms with Gasteiger partial charge in [-0.15, -0.1) is 0 Å². The second-order valence-corrected chi connectivity index (χ2v) is 4.52. The molecule has 0 radical (unpaired) electrons. The quantitative estimate of drug-likeness (QED) is 0.708. The van der Waals surface area contributed by atoms with Crippen LogP contribution < -0.4 is 0 Å². The molecule has 2 heteroatoms. The van der Waals surface area contributed by atoms with E-state index in [2.05, 4.69) is 44.4 Å². The molecule has 2 rings (SSSR count). The summed E-state index contributed by atoms with van der Waals surface area (Å²) in [4.78, 5) is 0. The van der Waals surface area contributed by atoms with Crippen LogP contribution in [0.25, 0.3) is 10.9 Å². The Bertz CT molecular complexity index is 583. The first-order valence-corrected chi connectivity index (χ1v) is 5.57. The molecule has 0 atom stereocenters. The number of fused-ring (bicyclic) bond motifs is 1. The minimum absolute atomic E-state index is 0.421. The van der Waals surface area contributed by atoms with Crippen molar-refractivity contribution in [2.45, 2.75) is 33.7 Å². The van der Waals surface area contributed by atoms with Crippen LogP contribution in [-0.4, -0.2) is 4.57 Å². The van der Waals surface area contributed by atoms with E-state index in [1.54, 1.807) is 0 Å². The zero-order valence-corrected chi connectivity index (χ0v) is 10.2. The SMILES string of the molecule is Cc1c(C)n(C(C)C)c2cc(C#N)ccc12. The van der Waals surface area contributed by atoms with Crippen LogP contribution in [0.15, 0.2) is 18.2 Å². The maximum atomic E-state index is 8.94. The molecule has 0 saturated carbocycles. The molecular weight excluding hydrogens is 196 g/mol. The third-order valence-electron chi connectivity index (χ3n) is 3.21. The topological polar surface area (TPSA) is 28.7 Å². The van der Waals surface area contributed by atoms with Crippen LogP contribution in [0.5, 0.6) is 0 Å². The van der Waals surface area contributed by atoms with E-state index in [4.69, 9.17) is 5.26 Å².